The molecule has 2 atom stereocenters. The second-order valence-corrected chi connectivity index (χ2v) is 7.91. The fraction of sp³-hybridized carbons (Fsp3) is 0.304. The molecule has 0 aliphatic carbocycles. The van der Waals surface area contributed by atoms with Crippen LogP contribution in [0.2, 0.25) is 0 Å². The van der Waals surface area contributed by atoms with Gasteiger partial charge in [0.25, 0.3) is 0 Å². The van der Waals surface area contributed by atoms with Gasteiger partial charge in [-0.15, -0.1) is 0 Å². The Kier molecular flexibility index (Phi) is 5.99. The number of carbonyl (C=O) groups is 1. The van der Waals surface area contributed by atoms with E-state index in [1.807, 2.05) is 36.5 Å². The fourth-order valence-corrected chi connectivity index (χ4v) is 4.60. The van der Waals surface area contributed by atoms with Crippen LogP contribution in [-0.2, 0) is 9.53 Å². The highest BCUT2D eigenvalue weighted by Crippen LogP contribution is 2.41. The Balaban J connectivity index is 1.79. The van der Waals surface area contributed by atoms with E-state index in [2.05, 4.69) is 44.7 Å². The molecule has 1 fully saturated rings. The SMILES string of the molecule is COC(=O)CCN1C(=S)N[C@H](c2ccccn2)[C@@H]1c1cc(C)n(-c2cccnc2)c1C. The normalized spacial score (nSPS) is 18.2. The van der Waals surface area contributed by atoms with Crippen LogP contribution >= 0.6 is 12.2 Å². The number of methoxy groups -OCH3 is 1. The monoisotopic (exact) mass is 435 g/mol. The minimum Gasteiger partial charge on any atom is -0.469 e. The van der Waals surface area contributed by atoms with Crippen LogP contribution in [-0.4, -0.2) is 44.2 Å². The Morgan fingerprint density at radius 2 is 2.06 bits per heavy atom. The van der Waals surface area contributed by atoms with E-state index in [0.29, 0.717) is 11.7 Å². The first kappa shape index (κ1) is 21.0. The number of rotatable bonds is 6. The molecule has 8 heteroatoms. The van der Waals surface area contributed by atoms with Crippen molar-refractivity contribution in [3.05, 3.63) is 77.6 Å². The highest BCUT2D eigenvalue weighted by molar-refractivity contribution is 7.80. The van der Waals surface area contributed by atoms with Crippen molar-refractivity contribution in [3.63, 3.8) is 0 Å². The van der Waals surface area contributed by atoms with Crippen molar-refractivity contribution in [2.24, 2.45) is 0 Å². The molecule has 4 heterocycles. The van der Waals surface area contributed by atoms with E-state index in [-0.39, 0.29) is 24.5 Å². The smallest absolute Gasteiger partial charge is 0.307 e. The van der Waals surface area contributed by atoms with Gasteiger partial charge in [-0.25, -0.2) is 0 Å². The number of nitrogens with one attached hydrogen (secondary N) is 1. The van der Waals surface area contributed by atoms with Crippen LogP contribution in [0.4, 0.5) is 0 Å². The molecule has 7 nitrogen and oxygen atoms in total. The summed E-state index contributed by atoms with van der Waals surface area (Å²) in [6.07, 6.45) is 5.66. The zero-order chi connectivity index (χ0) is 22.0. The zero-order valence-corrected chi connectivity index (χ0v) is 18.6. The summed E-state index contributed by atoms with van der Waals surface area (Å²) in [5.41, 5.74) is 5.25. The second kappa shape index (κ2) is 8.85. The van der Waals surface area contributed by atoms with Gasteiger partial charge in [-0.3, -0.25) is 14.8 Å². The first-order chi connectivity index (χ1) is 15.0. The van der Waals surface area contributed by atoms with Crippen LogP contribution in [0.1, 0.15) is 41.1 Å². The maximum Gasteiger partial charge on any atom is 0.307 e. The number of hydrogen-bond acceptors (Lipinski definition) is 5. The third-order valence-electron chi connectivity index (χ3n) is 5.68. The lowest BCUT2D eigenvalue weighted by Crippen LogP contribution is -2.32. The molecule has 4 rings (SSSR count). The quantitative estimate of drug-likeness (QED) is 0.470. The Labute approximate surface area is 187 Å². The molecule has 1 saturated heterocycles. The van der Waals surface area contributed by atoms with Gasteiger partial charge in [0.05, 0.1) is 43.2 Å². The zero-order valence-electron chi connectivity index (χ0n) is 17.8. The van der Waals surface area contributed by atoms with Crippen LogP contribution in [0, 0.1) is 13.8 Å². The van der Waals surface area contributed by atoms with E-state index in [9.17, 15) is 4.79 Å². The molecule has 0 bridgehead atoms. The van der Waals surface area contributed by atoms with E-state index >= 15 is 0 Å². The van der Waals surface area contributed by atoms with Crippen molar-refractivity contribution in [1.29, 1.82) is 0 Å². The lowest BCUT2D eigenvalue weighted by molar-refractivity contribution is -0.140. The number of pyridine rings is 2. The average molecular weight is 436 g/mol. The van der Waals surface area contributed by atoms with Crippen molar-refractivity contribution in [3.8, 4) is 5.69 Å². The second-order valence-electron chi connectivity index (χ2n) is 7.52. The van der Waals surface area contributed by atoms with Gasteiger partial charge in [0.2, 0.25) is 0 Å². The van der Waals surface area contributed by atoms with E-state index in [1.54, 1.807) is 12.4 Å². The molecular formula is C23H25N5O2S. The molecule has 3 aromatic rings. The number of thiocarbonyl (C=S) groups is 1. The summed E-state index contributed by atoms with van der Waals surface area (Å²) in [7, 11) is 1.40. The van der Waals surface area contributed by atoms with Crippen molar-refractivity contribution < 1.29 is 9.53 Å². The third-order valence-corrected chi connectivity index (χ3v) is 6.03. The molecule has 1 aliphatic heterocycles. The van der Waals surface area contributed by atoms with Crippen LogP contribution in [0.3, 0.4) is 0 Å². The van der Waals surface area contributed by atoms with Gasteiger partial charge in [-0.1, -0.05) is 6.07 Å². The summed E-state index contributed by atoms with van der Waals surface area (Å²) in [6.45, 7) is 4.65. The van der Waals surface area contributed by atoms with Crippen molar-refractivity contribution in [1.82, 2.24) is 24.8 Å². The van der Waals surface area contributed by atoms with Crippen molar-refractivity contribution in [2.45, 2.75) is 32.4 Å². The van der Waals surface area contributed by atoms with Crippen LogP contribution in [0.15, 0.2) is 55.0 Å². The lowest BCUT2D eigenvalue weighted by atomic mass is 9.96. The van der Waals surface area contributed by atoms with Crippen LogP contribution in [0.5, 0.6) is 0 Å². The first-order valence-electron chi connectivity index (χ1n) is 10.2. The third kappa shape index (κ3) is 4.03. The first-order valence-corrected chi connectivity index (χ1v) is 10.6. The van der Waals surface area contributed by atoms with Gasteiger partial charge in [-0.05, 0) is 62.0 Å². The van der Waals surface area contributed by atoms with Gasteiger partial charge < -0.3 is 19.5 Å². The number of aromatic nitrogens is 3. The highest BCUT2D eigenvalue weighted by Gasteiger charge is 2.41. The van der Waals surface area contributed by atoms with Gasteiger partial charge in [0.15, 0.2) is 5.11 Å². The molecule has 3 aromatic heterocycles. The van der Waals surface area contributed by atoms with Gasteiger partial charge >= 0.3 is 5.97 Å². The van der Waals surface area contributed by atoms with E-state index in [1.165, 1.54) is 7.11 Å². The minimum atomic E-state index is -0.260. The lowest BCUT2D eigenvalue weighted by Gasteiger charge is -2.28. The molecule has 0 spiro atoms. The molecule has 31 heavy (non-hydrogen) atoms. The summed E-state index contributed by atoms with van der Waals surface area (Å²) < 4.78 is 7.04. The molecule has 0 radical (unpaired) electrons. The summed E-state index contributed by atoms with van der Waals surface area (Å²) in [4.78, 5) is 22.8. The number of aryl methyl sites for hydroxylation is 1. The average Bonchev–Trinajstić information content (AvgIpc) is 3.28. The molecule has 0 aromatic carbocycles. The Hall–Kier alpha value is -3.26. The predicted molar refractivity (Wildman–Crippen MR) is 122 cm³/mol. The minimum absolute atomic E-state index is 0.108. The van der Waals surface area contributed by atoms with Gasteiger partial charge in [-0.2, -0.15) is 0 Å². The van der Waals surface area contributed by atoms with Crippen LogP contribution < -0.4 is 5.32 Å². The molecule has 0 amide bonds. The summed E-state index contributed by atoms with van der Waals surface area (Å²) in [6, 6.07) is 11.8. The molecule has 160 valence electrons. The van der Waals surface area contributed by atoms with E-state index in [4.69, 9.17) is 17.0 Å². The molecule has 0 unspecified atom stereocenters. The topological polar surface area (TPSA) is 72.3 Å². The molecule has 1 aliphatic rings. The largest absolute Gasteiger partial charge is 0.469 e. The maximum atomic E-state index is 11.8. The Morgan fingerprint density at radius 1 is 1.23 bits per heavy atom. The summed E-state index contributed by atoms with van der Waals surface area (Å²) in [5, 5.41) is 4.03. The van der Waals surface area contributed by atoms with Crippen LogP contribution in [0.25, 0.3) is 5.69 Å². The summed E-state index contributed by atoms with van der Waals surface area (Å²) >= 11 is 5.68. The number of nitrogens with zero attached hydrogens (tertiary/aromatic N) is 4. The van der Waals surface area contributed by atoms with Gasteiger partial charge in [0.1, 0.15) is 0 Å². The Bertz CT molecular complexity index is 1080. The van der Waals surface area contributed by atoms with Gasteiger partial charge in [0, 0.05) is 30.3 Å². The standard InChI is InChI=1S/C23H25N5O2S/c1-15-13-18(16(2)28(15)17-7-6-10-24-14-17)22-21(19-8-4-5-11-25-19)26-23(31)27(22)12-9-20(29)30-3/h4-8,10-11,13-14,21-22H,9,12H2,1-3H3,(H,26,31)/t21-,22+/m1/s1. The number of esters is 1. The molecule has 1 N–H and O–H groups in total. The number of hydrogen-bond donors (Lipinski definition) is 1. The Morgan fingerprint density at radius 3 is 2.74 bits per heavy atom. The highest BCUT2D eigenvalue weighted by atomic mass is 32.1. The fourth-order valence-electron chi connectivity index (χ4n) is 4.27. The predicted octanol–water partition coefficient (Wildman–Crippen LogP) is 3.42. The molecule has 0 saturated carbocycles. The van der Waals surface area contributed by atoms with E-state index in [0.717, 1.165) is 28.3 Å². The summed E-state index contributed by atoms with van der Waals surface area (Å²) in [5.74, 6) is -0.260. The van der Waals surface area contributed by atoms with Crippen molar-refractivity contribution in [2.75, 3.05) is 13.7 Å². The number of carbonyl (C=O) groups excluding carboxylic acids is 1. The molecular weight excluding hydrogens is 410 g/mol. The van der Waals surface area contributed by atoms with Crippen molar-refractivity contribution >= 4 is 23.3 Å². The maximum absolute atomic E-state index is 11.8. The number of ether oxygens (including phenoxy) is 1. The van der Waals surface area contributed by atoms with E-state index < -0.39 is 0 Å².